The Morgan fingerprint density at radius 3 is 2.74 bits per heavy atom. The van der Waals surface area contributed by atoms with Crippen molar-refractivity contribution in [1.29, 1.82) is 0 Å². The van der Waals surface area contributed by atoms with E-state index >= 15 is 0 Å². The maximum absolute atomic E-state index is 12.3. The van der Waals surface area contributed by atoms with Crippen molar-refractivity contribution < 1.29 is 4.79 Å². The summed E-state index contributed by atoms with van der Waals surface area (Å²) in [5, 5.41) is 3.04. The molecule has 1 aliphatic rings. The fourth-order valence-corrected chi connectivity index (χ4v) is 2.40. The lowest BCUT2D eigenvalue weighted by atomic mass is 10.0. The molecule has 1 aromatic carbocycles. The molecule has 2 aromatic rings. The van der Waals surface area contributed by atoms with Crippen molar-refractivity contribution in [2.24, 2.45) is 0 Å². The number of aromatic amines is 1. The number of nitrogens with one attached hydrogen (secondary N) is 2. The standard InChI is InChI=1S/C15H17N3O/c19-14(15(7-8-15)13-10-16-11-18-13)17-9-6-12-4-2-1-3-5-12/h1-5,10-11H,6-9H2,(H,16,18)(H,17,19). The van der Waals surface area contributed by atoms with Gasteiger partial charge in [-0.1, -0.05) is 30.3 Å². The van der Waals surface area contributed by atoms with Crippen molar-refractivity contribution in [2.45, 2.75) is 24.7 Å². The first-order valence-corrected chi connectivity index (χ1v) is 6.62. The third-order valence-electron chi connectivity index (χ3n) is 3.74. The number of rotatable bonds is 5. The van der Waals surface area contributed by atoms with E-state index in [4.69, 9.17) is 0 Å². The molecule has 0 bridgehead atoms. The Kier molecular flexibility index (Phi) is 3.07. The molecule has 1 saturated carbocycles. The normalized spacial score (nSPS) is 16.0. The molecule has 0 spiro atoms. The van der Waals surface area contributed by atoms with Gasteiger partial charge in [0, 0.05) is 12.7 Å². The number of carbonyl (C=O) groups is 1. The summed E-state index contributed by atoms with van der Waals surface area (Å²) >= 11 is 0. The molecule has 0 radical (unpaired) electrons. The zero-order chi connectivity index (χ0) is 13.1. The van der Waals surface area contributed by atoms with Gasteiger partial charge in [-0.3, -0.25) is 4.79 Å². The van der Waals surface area contributed by atoms with Gasteiger partial charge < -0.3 is 10.3 Å². The van der Waals surface area contributed by atoms with Gasteiger partial charge in [0.25, 0.3) is 0 Å². The van der Waals surface area contributed by atoms with Crippen LogP contribution in [-0.2, 0) is 16.6 Å². The Morgan fingerprint density at radius 2 is 2.11 bits per heavy atom. The highest BCUT2D eigenvalue weighted by molar-refractivity contribution is 5.90. The van der Waals surface area contributed by atoms with Gasteiger partial charge in [0.05, 0.1) is 17.4 Å². The molecule has 0 unspecified atom stereocenters. The van der Waals surface area contributed by atoms with Crippen LogP contribution in [0.5, 0.6) is 0 Å². The van der Waals surface area contributed by atoms with Crippen molar-refractivity contribution in [3.05, 3.63) is 54.1 Å². The smallest absolute Gasteiger partial charge is 0.232 e. The van der Waals surface area contributed by atoms with Crippen molar-refractivity contribution in [2.75, 3.05) is 6.54 Å². The van der Waals surface area contributed by atoms with Gasteiger partial charge >= 0.3 is 0 Å². The van der Waals surface area contributed by atoms with Crippen LogP contribution in [0.3, 0.4) is 0 Å². The zero-order valence-corrected chi connectivity index (χ0v) is 10.7. The van der Waals surface area contributed by atoms with Gasteiger partial charge in [0.1, 0.15) is 0 Å². The first-order chi connectivity index (χ1) is 9.31. The van der Waals surface area contributed by atoms with Crippen LogP contribution in [0.15, 0.2) is 42.9 Å². The Hall–Kier alpha value is -2.10. The van der Waals surface area contributed by atoms with E-state index in [-0.39, 0.29) is 11.3 Å². The van der Waals surface area contributed by atoms with Crippen LogP contribution >= 0.6 is 0 Å². The lowest BCUT2D eigenvalue weighted by Gasteiger charge is -2.13. The second-order valence-corrected chi connectivity index (χ2v) is 5.04. The SMILES string of the molecule is O=C(NCCc1ccccc1)C1(c2cnc[nH]2)CC1. The minimum absolute atomic E-state index is 0.118. The molecule has 1 heterocycles. The summed E-state index contributed by atoms with van der Waals surface area (Å²) in [6, 6.07) is 10.2. The van der Waals surface area contributed by atoms with Crippen LogP contribution in [0.4, 0.5) is 0 Å². The van der Waals surface area contributed by atoms with Crippen molar-refractivity contribution >= 4 is 5.91 Å². The van der Waals surface area contributed by atoms with E-state index in [1.54, 1.807) is 12.5 Å². The molecule has 1 aromatic heterocycles. The van der Waals surface area contributed by atoms with Gasteiger partial charge in [0.15, 0.2) is 0 Å². The van der Waals surface area contributed by atoms with E-state index in [0.29, 0.717) is 6.54 Å². The molecule has 4 nitrogen and oxygen atoms in total. The number of imidazole rings is 1. The molecular formula is C15H17N3O. The number of hydrogen-bond acceptors (Lipinski definition) is 2. The van der Waals surface area contributed by atoms with E-state index < -0.39 is 0 Å². The molecule has 1 aliphatic carbocycles. The molecule has 19 heavy (non-hydrogen) atoms. The maximum Gasteiger partial charge on any atom is 0.232 e. The van der Waals surface area contributed by atoms with Gasteiger partial charge in [0.2, 0.25) is 5.91 Å². The predicted octanol–water partition coefficient (Wildman–Crippen LogP) is 1.80. The highest BCUT2D eigenvalue weighted by Gasteiger charge is 2.52. The summed E-state index contributed by atoms with van der Waals surface area (Å²) < 4.78 is 0. The molecule has 4 heteroatoms. The zero-order valence-electron chi connectivity index (χ0n) is 10.7. The third-order valence-corrected chi connectivity index (χ3v) is 3.74. The van der Waals surface area contributed by atoms with E-state index in [0.717, 1.165) is 25.0 Å². The van der Waals surface area contributed by atoms with Crippen LogP contribution in [0, 0.1) is 0 Å². The third kappa shape index (κ3) is 2.38. The Morgan fingerprint density at radius 1 is 1.32 bits per heavy atom. The van der Waals surface area contributed by atoms with E-state index in [2.05, 4.69) is 27.4 Å². The average Bonchev–Trinajstić information content (AvgIpc) is 3.07. The van der Waals surface area contributed by atoms with Crippen LogP contribution in [0.2, 0.25) is 0 Å². The molecule has 2 N–H and O–H groups in total. The maximum atomic E-state index is 12.3. The minimum atomic E-state index is -0.340. The number of H-pyrrole nitrogens is 1. The Balaban J connectivity index is 1.55. The number of nitrogens with zero attached hydrogens (tertiary/aromatic N) is 1. The summed E-state index contributed by atoms with van der Waals surface area (Å²) in [7, 11) is 0. The molecule has 0 saturated heterocycles. The van der Waals surface area contributed by atoms with E-state index in [1.165, 1.54) is 5.56 Å². The molecular weight excluding hydrogens is 238 g/mol. The number of amides is 1. The molecule has 1 amide bonds. The fourth-order valence-electron chi connectivity index (χ4n) is 2.40. The van der Waals surface area contributed by atoms with Gasteiger partial charge in [-0.25, -0.2) is 4.98 Å². The van der Waals surface area contributed by atoms with Gasteiger partial charge in [-0.05, 0) is 24.8 Å². The van der Waals surface area contributed by atoms with Crippen LogP contribution in [-0.4, -0.2) is 22.4 Å². The van der Waals surface area contributed by atoms with Gasteiger partial charge in [-0.15, -0.1) is 0 Å². The van der Waals surface area contributed by atoms with Crippen molar-refractivity contribution in [3.63, 3.8) is 0 Å². The van der Waals surface area contributed by atoms with Crippen LogP contribution in [0.25, 0.3) is 0 Å². The lowest BCUT2D eigenvalue weighted by molar-refractivity contribution is -0.123. The minimum Gasteiger partial charge on any atom is -0.355 e. The van der Waals surface area contributed by atoms with Crippen LogP contribution in [0.1, 0.15) is 24.1 Å². The summed E-state index contributed by atoms with van der Waals surface area (Å²) in [5.74, 6) is 0.118. The number of carbonyl (C=O) groups excluding carboxylic acids is 1. The summed E-state index contributed by atoms with van der Waals surface area (Å²) in [6.07, 6.45) is 6.07. The lowest BCUT2D eigenvalue weighted by Crippen LogP contribution is -2.36. The van der Waals surface area contributed by atoms with E-state index in [1.807, 2.05) is 18.2 Å². The predicted molar refractivity (Wildman–Crippen MR) is 72.7 cm³/mol. The molecule has 3 rings (SSSR count). The topological polar surface area (TPSA) is 57.8 Å². The summed E-state index contributed by atoms with van der Waals surface area (Å²) in [6.45, 7) is 0.679. The summed E-state index contributed by atoms with van der Waals surface area (Å²) in [5.41, 5.74) is 1.84. The molecule has 98 valence electrons. The first-order valence-electron chi connectivity index (χ1n) is 6.62. The van der Waals surface area contributed by atoms with Crippen molar-refractivity contribution in [1.82, 2.24) is 15.3 Å². The highest BCUT2D eigenvalue weighted by atomic mass is 16.2. The highest BCUT2D eigenvalue weighted by Crippen LogP contribution is 2.47. The van der Waals surface area contributed by atoms with Crippen molar-refractivity contribution in [3.8, 4) is 0 Å². The monoisotopic (exact) mass is 255 g/mol. The quantitative estimate of drug-likeness (QED) is 0.856. The largest absolute Gasteiger partial charge is 0.355 e. The number of hydrogen-bond donors (Lipinski definition) is 2. The molecule has 1 fully saturated rings. The average molecular weight is 255 g/mol. The molecule has 0 atom stereocenters. The first kappa shape index (κ1) is 12.0. The second kappa shape index (κ2) is 4.88. The van der Waals surface area contributed by atoms with E-state index in [9.17, 15) is 4.79 Å². The number of benzene rings is 1. The Bertz CT molecular complexity index is 544. The Labute approximate surface area is 112 Å². The fraction of sp³-hybridized carbons (Fsp3) is 0.333. The molecule has 0 aliphatic heterocycles. The van der Waals surface area contributed by atoms with Gasteiger partial charge in [-0.2, -0.15) is 0 Å². The number of aromatic nitrogens is 2. The van der Waals surface area contributed by atoms with Crippen LogP contribution < -0.4 is 5.32 Å². The summed E-state index contributed by atoms with van der Waals surface area (Å²) in [4.78, 5) is 19.3. The second-order valence-electron chi connectivity index (χ2n) is 5.04.